The van der Waals surface area contributed by atoms with Gasteiger partial charge in [-0.25, -0.2) is 9.97 Å². The highest BCUT2D eigenvalue weighted by atomic mass is 19.4. The molecule has 0 aliphatic carbocycles. The van der Waals surface area contributed by atoms with Crippen LogP contribution in [0.15, 0.2) is 24.3 Å². The Morgan fingerprint density at radius 3 is 2.50 bits per heavy atom. The van der Waals surface area contributed by atoms with Crippen LogP contribution in [-0.2, 0) is 6.18 Å². The largest absolute Gasteiger partial charge is 0.451 e. The number of aryl methyl sites for hydroxylation is 1. The highest BCUT2D eigenvalue weighted by molar-refractivity contribution is 5.63. The number of nitrogens with two attached hydrogens (primary N) is 1. The summed E-state index contributed by atoms with van der Waals surface area (Å²) in [6.07, 6.45) is -4.63. The number of rotatable bonds is 2. The second-order valence-corrected chi connectivity index (χ2v) is 4.37. The minimum Gasteiger partial charge on any atom is -0.384 e. The molecule has 0 aliphatic rings. The van der Waals surface area contributed by atoms with Gasteiger partial charge < -0.3 is 11.1 Å². The van der Waals surface area contributed by atoms with Crippen LogP contribution < -0.4 is 11.1 Å². The summed E-state index contributed by atoms with van der Waals surface area (Å²) in [4.78, 5) is 6.63. The van der Waals surface area contributed by atoms with Gasteiger partial charge in [0.05, 0.1) is 0 Å². The lowest BCUT2D eigenvalue weighted by molar-refractivity contribution is -0.144. The van der Waals surface area contributed by atoms with E-state index >= 15 is 0 Å². The first-order chi connectivity index (χ1) is 9.27. The average Bonchev–Trinajstić information content (AvgIpc) is 2.33. The summed E-state index contributed by atoms with van der Waals surface area (Å²) in [7, 11) is 0. The van der Waals surface area contributed by atoms with Gasteiger partial charge in [-0.05, 0) is 31.0 Å². The molecule has 1 aromatic carbocycles. The molecule has 3 N–H and O–H groups in total. The molecule has 0 fully saturated rings. The summed E-state index contributed by atoms with van der Waals surface area (Å²) >= 11 is 0. The van der Waals surface area contributed by atoms with Crippen LogP contribution in [0.25, 0.3) is 0 Å². The van der Waals surface area contributed by atoms with Crippen LogP contribution in [0, 0.1) is 13.8 Å². The SMILES string of the molecule is Cc1cccc(Nc2cc(N)nc(C(F)(F)F)n2)c1C. The van der Waals surface area contributed by atoms with E-state index in [1.54, 1.807) is 12.1 Å². The first kappa shape index (κ1) is 14.1. The zero-order valence-corrected chi connectivity index (χ0v) is 10.9. The first-order valence-corrected chi connectivity index (χ1v) is 5.82. The van der Waals surface area contributed by atoms with Crippen LogP contribution in [0.4, 0.5) is 30.5 Å². The Balaban J connectivity index is 2.39. The van der Waals surface area contributed by atoms with Gasteiger partial charge in [0.1, 0.15) is 11.6 Å². The number of hydrogen-bond donors (Lipinski definition) is 2. The number of nitrogens with zero attached hydrogens (tertiary/aromatic N) is 2. The Labute approximate surface area is 113 Å². The maximum atomic E-state index is 12.6. The first-order valence-electron chi connectivity index (χ1n) is 5.82. The monoisotopic (exact) mass is 282 g/mol. The topological polar surface area (TPSA) is 63.8 Å². The fourth-order valence-corrected chi connectivity index (χ4v) is 1.68. The molecule has 0 atom stereocenters. The van der Waals surface area contributed by atoms with Crippen LogP contribution in [-0.4, -0.2) is 9.97 Å². The number of anilines is 3. The molecule has 0 saturated carbocycles. The molecule has 4 nitrogen and oxygen atoms in total. The minimum atomic E-state index is -4.63. The molecule has 1 heterocycles. The highest BCUT2D eigenvalue weighted by Gasteiger charge is 2.35. The second-order valence-electron chi connectivity index (χ2n) is 4.37. The van der Waals surface area contributed by atoms with Gasteiger partial charge >= 0.3 is 6.18 Å². The molecule has 0 aliphatic heterocycles. The van der Waals surface area contributed by atoms with E-state index < -0.39 is 12.0 Å². The molecule has 106 valence electrons. The van der Waals surface area contributed by atoms with E-state index in [1.807, 2.05) is 19.9 Å². The Morgan fingerprint density at radius 2 is 1.85 bits per heavy atom. The summed E-state index contributed by atoms with van der Waals surface area (Å²) in [6, 6.07) is 6.74. The average molecular weight is 282 g/mol. The zero-order chi connectivity index (χ0) is 14.9. The summed E-state index contributed by atoms with van der Waals surface area (Å²) < 4.78 is 37.9. The third kappa shape index (κ3) is 2.98. The maximum absolute atomic E-state index is 12.6. The Morgan fingerprint density at radius 1 is 1.15 bits per heavy atom. The number of hydrogen-bond acceptors (Lipinski definition) is 4. The van der Waals surface area contributed by atoms with Crippen molar-refractivity contribution in [2.24, 2.45) is 0 Å². The van der Waals surface area contributed by atoms with Gasteiger partial charge in [-0.1, -0.05) is 12.1 Å². The van der Waals surface area contributed by atoms with Crippen LogP contribution in [0.5, 0.6) is 0 Å². The number of nitrogens with one attached hydrogen (secondary N) is 1. The predicted octanol–water partition coefficient (Wildman–Crippen LogP) is 3.44. The fraction of sp³-hybridized carbons (Fsp3) is 0.231. The van der Waals surface area contributed by atoms with Crippen LogP contribution in [0.2, 0.25) is 0 Å². The fourth-order valence-electron chi connectivity index (χ4n) is 1.68. The molecule has 1 aromatic heterocycles. The van der Waals surface area contributed by atoms with Gasteiger partial charge in [0.25, 0.3) is 0 Å². The molecule has 2 aromatic rings. The van der Waals surface area contributed by atoms with E-state index in [2.05, 4.69) is 15.3 Å². The molecule has 0 radical (unpaired) electrons. The van der Waals surface area contributed by atoms with E-state index in [9.17, 15) is 13.2 Å². The number of aromatic nitrogens is 2. The number of nitrogen functional groups attached to an aromatic ring is 1. The van der Waals surface area contributed by atoms with Crippen LogP contribution in [0.1, 0.15) is 17.0 Å². The quantitative estimate of drug-likeness (QED) is 0.885. The molecule has 7 heteroatoms. The van der Waals surface area contributed by atoms with Gasteiger partial charge in [-0.3, -0.25) is 0 Å². The smallest absolute Gasteiger partial charge is 0.384 e. The van der Waals surface area contributed by atoms with Gasteiger partial charge in [0, 0.05) is 11.8 Å². The summed E-state index contributed by atoms with van der Waals surface area (Å²) in [5, 5.41) is 2.84. The molecular weight excluding hydrogens is 269 g/mol. The molecule has 2 rings (SSSR count). The van der Waals surface area contributed by atoms with Crippen molar-refractivity contribution in [3.05, 3.63) is 41.2 Å². The lowest BCUT2D eigenvalue weighted by Crippen LogP contribution is -2.13. The van der Waals surface area contributed by atoms with E-state index in [0.717, 1.165) is 11.1 Å². The third-order valence-electron chi connectivity index (χ3n) is 2.87. The molecule has 0 saturated heterocycles. The van der Waals surface area contributed by atoms with E-state index in [1.165, 1.54) is 6.07 Å². The lowest BCUT2D eigenvalue weighted by Gasteiger charge is -2.12. The minimum absolute atomic E-state index is 0.0125. The normalized spacial score (nSPS) is 11.4. The number of alkyl halides is 3. The molecule has 0 unspecified atom stereocenters. The van der Waals surface area contributed by atoms with Gasteiger partial charge in [-0.2, -0.15) is 13.2 Å². The van der Waals surface area contributed by atoms with Crippen molar-refractivity contribution < 1.29 is 13.2 Å². The number of benzene rings is 1. The third-order valence-corrected chi connectivity index (χ3v) is 2.87. The van der Waals surface area contributed by atoms with Gasteiger partial charge in [0.15, 0.2) is 0 Å². The predicted molar refractivity (Wildman–Crippen MR) is 70.6 cm³/mol. The van der Waals surface area contributed by atoms with Crippen LogP contribution >= 0.6 is 0 Å². The maximum Gasteiger partial charge on any atom is 0.451 e. The lowest BCUT2D eigenvalue weighted by atomic mass is 10.1. The standard InChI is InChI=1S/C13H13F3N4/c1-7-4-3-5-9(8(7)2)18-11-6-10(17)19-12(20-11)13(14,15)16/h3-6H,1-2H3,(H3,17,18,19,20). The van der Waals surface area contributed by atoms with Crippen molar-refractivity contribution in [3.63, 3.8) is 0 Å². The van der Waals surface area contributed by atoms with Crippen molar-refractivity contribution in [3.8, 4) is 0 Å². The van der Waals surface area contributed by atoms with Crippen molar-refractivity contribution >= 4 is 17.3 Å². The highest BCUT2D eigenvalue weighted by Crippen LogP contribution is 2.29. The van der Waals surface area contributed by atoms with Crippen molar-refractivity contribution in [2.45, 2.75) is 20.0 Å². The summed E-state index contributed by atoms with van der Waals surface area (Å²) in [5.74, 6) is -1.48. The van der Waals surface area contributed by atoms with Crippen molar-refractivity contribution in [2.75, 3.05) is 11.1 Å². The van der Waals surface area contributed by atoms with Gasteiger partial charge in [-0.15, -0.1) is 0 Å². The zero-order valence-electron chi connectivity index (χ0n) is 10.9. The number of halogens is 3. The van der Waals surface area contributed by atoms with Gasteiger partial charge in [0.2, 0.25) is 5.82 Å². The Kier molecular flexibility index (Phi) is 3.52. The van der Waals surface area contributed by atoms with Crippen molar-refractivity contribution in [1.29, 1.82) is 0 Å². The Bertz CT molecular complexity index is 638. The van der Waals surface area contributed by atoms with Crippen LogP contribution in [0.3, 0.4) is 0 Å². The summed E-state index contributed by atoms with van der Waals surface area (Å²) in [6.45, 7) is 3.78. The van der Waals surface area contributed by atoms with E-state index in [-0.39, 0.29) is 11.6 Å². The molecule has 0 spiro atoms. The molecular formula is C13H13F3N4. The van der Waals surface area contributed by atoms with Crippen molar-refractivity contribution in [1.82, 2.24) is 9.97 Å². The molecule has 0 bridgehead atoms. The van der Waals surface area contributed by atoms with E-state index in [4.69, 9.17) is 5.73 Å². The van der Waals surface area contributed by atoms with E-state index in [0.29, 0.717) is 5.69 Å². The molecule has 20 heavy (non-hydrogen) atoms. The molecule has 0 amide bonds. The Hall–Kier alpha value is -2.31. The second kappa shape index (κ2) is 4.99. The summed E-state index contributed by atoms with van der Waals surface area (Å²) in [5.41, 5.74) is 8.01.